The lowest BCUT2D eigenvalue weighted by Gasteiger charge is -2.24. The zero-order valence-corrected chi connectivity index (χ0v) is 13.1. The van der Waals surface area contributed by atoms with Crippen molar-refractivity contribution >= 4 is 5.96 Å². The van der Waals surface area contributed by atoms with Crippen LogP contribution in [0.3, 0.4) is 0 Å². The fourth-order valence-electron chi connectivity index (χ4n) is 2.45. The molecule has 2 heterocycles. The number of nitrogens with zero attached hydrogens (tertiary/aromatic N) is 2. The third-order valence-corrected chi connectivity index (χ3v) is 3.70. The second-order valence-corrected chi connectivity index (χ2v) is 5.46. The molecule has 1 aliphatic rings. The van der Waals surface area contributed by atoms with Crippen LogP contribution in [0.2, 0.25) is 0 Å². The van der Waals surface area contributed by atoms with E-state index in [0.717, 1.165) is 44.3 Å². The van der Waals surface area contributed by atoms with E-state index in [-0.39, 0.29) is 6.04 Å². The molecule has 2 unspecified atom stereocenters. The molecule has 2 N–H and O–H groups in total. The first-order valence-corrected chi connectivity index (χ1v) is 7.46. The van der Waals surface area contributed by atoms with Crippen LogP contribution in [0.25, 0.3) is 0 Å². The molecule has 118 valence electrons. The van der Waals surface area contributed by atoms with Crippen molar-refractivity contribution in [2.24, 2.45) is 4.99 Å². The van der Waals surface area contributed by atoms with Gasteiger partial charge >= 0.3 is 0 Å². The lowest BCUT2D eigenvalue weighted by Crippen LogP contribution is -2.44. The molecule has 6 heteroatoms. The Morgan fingerprint density at radius 2 is 2.33 bits per heavy atom. The summed E-state index contributed by atoms with van der Waals surface area (Å²) in [7, 11) is 5.86. The maximum atomic E-state index is 5.60. The van der Waals surface area contributed by atoms with Crippen LogP contribution in [-0.2, 0) is 4.74 Å². The van der Waals surface area contributed by atoms with Crippen molar-refractivity contribution in [3.05, 3.63) is 24.2 Å². The van der Waals surface area contributed by atoms with Gasteiger partial charge in [0, 0.05) is 26.7 Å². The largest absolute Gasteiger partial charge is 0.468 e. The minimum absolute atomic E-state index is 0.168. The average molecular weight is 294 g/mol. The van der Waals surface area contributed by atoms with Crippen LogP contribution in [0.15, 0.2) is 27.8 Å². The van der Waals surface area contributed by atoms with Crippen molar-refractivity contribution in [1.82, 2.24) is 15.5 Å². The molecule has 0 amide bonds. The number of ether oxygens (including phenoxy) is 1. The molecule has 1 fully saturated rings. The Morgan fingerprint density at radius 1 is 1.48 bits per heavy atom. The second-order valence-electron chi connectivity index (χ2n) is 5.46. The molecule has 2 rings (SSSR count). The molecule has 0 radical (unpaired) electrons. The van der Waals surface area contributed by atoms with Crippen molar-refractivity contribution in [2.45, 2.75) is 25.0 Å². The van der Waals surface area contributed by atoms with Gasteiger partial charge in [0.15, 0.2) is 5.96 Å². The minimum Gasteiger partial charge on any atom is -0.468 e. The predicted molar refractivity (Wildman–Crippen MR) is 83.5 cm³/mol. The van der Waals surface area contributed by atoms with E-state index < -0.39 is 0 Å². The fourth-order valence-corrected chi connectivity index (χ4v) is 2.45. The topological polar surface area (TPSA) is 62.0 Å². The van der Waals surface area contributed by atoms with Crippen molar-refractivity contribution < 1.29 is 9.15 Å². The highest BCUT2D eigenvalue weighted by atomic mass is 16.5. The number of aliphatic imine (C=N–C) groups is 1. The highest BCUT2D eigenvalue weighted by Crippen LogP contribution is 2.17. The van der Waals surface area contributed by atoms with Gasteiger partial charge in [-0.2, -0.15) is 0 Å². The average Bonchev–Trinajstić information content (AvgIpc) is 3.15. The minimum atomic E-state index is 0.168. The van der Waals surface area contributed by atoms with Gasteiger partial charge < -0.3 is 19.8 Å². The van der Waals surface area contributed by atoms with Crippen molar-refractivity contribution in [1.29, 1.82) is 0 Å². The summed E-state index contributed by atoms with van der Waals surface area (Å²) < 4.78 is 11.1. The molecule has 1 aromatic rings. The molecule has 0 saturated carbocycles. The van der Waals surface area contributed by atoms with Gasteiger partial charge in [-0.05, 0) is 39.1 Å². The van der Waals surface area contributed by atoms with E-state index in [2.05, 4.69) is 20.5 Å². The molecule has 2 atom stereocenters. The molecule has 0 spiro atoms. The zero-order chi connectivity index (χ0) is 15.1. The molecular formula is C15H26N4O2. The van der Waals surface area contributed by atoms with E-state index in [1.54, 1.807) is 13.3 Å². The van der Waals surface area contributed by atoms with E-state index in [9.17, 15) is 0 Å². The van der Waals surface area contributed by atoms with Gasteiger partial charge in [0.25, 0.3) is 0 Å². The number of hydrogen-bond donors (Lipinski definition) is 2. The number of furan rings is 1. The summed E-state index contributed by atoms with van der Waals surface area (Å²) in [5.74, 6) is 1.74. The van der Waals surface area contributed by atoms with Crippen LogP contribution < -0.4 is 10.6 Å². The fraction of sp³-hybridized carbons (Fsp3) is 0.667. The van der Waals surface area contributed by atoms with Crippen LogP contribution in [-0.4, -0.2) is 57.8 Å². The smallest absolute Gasteiger partial charge is 0.191 e. The Labute approximate surface area is 126 Å². The van der Waals surface area contributed by atoms with Gasteiger partial charge in [-0.25, -0.2) is 0 Å². The highest BCUT2D eigenvalue weighted by Gasteiger charge is 2.18. The molecule has 0 bridgehead atoms. The maximum absolute atomic E-state index is 5.60. The van der Waals surface area contributed by atoms with Gasteiger partial charge in [0.1, 0.15) is 5.76 Å². The summed E-state index contributed by atoms with van der Waals surface area (Å²) >= 11 is 0. The summed E-state index contributed by atoms with van der Waals surface area (Å²) in [6.07, 6.45) is 4.28. The van der Waals surface area contributed by atoms with Crippen LogP contribution in [0.5, 0.6) is 0 Å². The summed E-state index contributed by atoms with van der Waals surface area (Å²) in [4.78, 5) is 6.38. The number of hydrogen-bond acceptors (Lipinski definition) is 4. The van der Waals surface area contributed by atoms with Gasteiger partial charge in [-0.15, -0.1) is 0 Å². The van der Waals surface area contributed by atoms with Crippen LogP contribution >= 0.6 is 0 Å². The Kier molecular flexibility index (Phi) is 6.07. The van der Waals surface area contributed by atoms with Gasteiger partial charge in [-0.3, -0.25) is 9.89 Å². The van der Waals surface area contributed by atoms with Crippen molar-refractivity contribution in [2.75, 3.05) is 40.8 Å². The third kappa shape index (κ3) is 4.75. The van der Waals surface area contributed by atoms with Crippen LogP contribution in [0.1, 0.15) is 24.6 Å². The Bertz CT molecular complexity index is 425. The highest BCUT2D eigenvalue weighted by molar-refractivity contribution is 5.79. The normalized spacial score (nSPS) is 20.8. The van der Waals surface area contributed by atoms with E-state index in [1.807, 2.05) is 26.2 Å². The van der Waals surface area contributed by atoms with Gasteiger partial charge in [-0.1, -0.05) is 0 Å². The Morgan fingerprint density at radius 3 is 2.90 bits per heavy atom. The number of guanidine groups is 1. The van der Waals surface area contributed by atoms with Crippen LogP contribution in [0, 0.1) is 0 Å². The van der Waals surface area contributed by atoms with Gasteiger partial charge in [0.05, 0.1) is 18.4 Å². The van der Waals surface area contributed by atoms with E-state index in [0.29, 0.717) is 6.10 Å². The molecule has 0 aromatic carbocycles. The quantitative estimate of drug-likeness (QED) is 0.610. The number of likely N-dealkylation sites (N-methyl/N-ethyl adjacent to an activating group) is 1. The van der Waals surface area contributed by atoms with E-state index in [4.69, 9.17) is 9.15 Å². The maximum Gasteiger partial charge on any atom is 0.191 e. The van der Waals surface area contributed by atoms with Crippen molar-refractivity contribution in [3.63, 3.8) is 0 Å². The lowest BCUT2D eigenvalue weighted by atomic mass is 10.2. The summed E-state index contributed by atoms with van der Waals surface area (Å²) in [6.45, 7) is 2.40. The first-order chi connectivity index (χ1) is 10.2. The Balaban J connectivity index is 1.80. The zero-order valence-electron chi connectivity index (χ0n) is 13.1. The molecule has 1 aliphatic heterocycles. The number of rotatable bonds is 6. The summed E-state index contributed by atoms with van der Waals surface area (Å²) in [5.41, 5.74) is 0. The van der Waals surface area contributed by atoms with Crippen LogP contribution in [0.4, 0.5) is 0 Å². The molecular weight excluding hydrogens is 268 g/mol. The first-order valence-electron chi connectivity index (χ1n) is 7.46. The first kappa shape index (κ1) is 15.9. The molecule has 6 nitrogen and oxygen atoms in total. The second kappa shape index (κ2) is 8.05. The van der Waals surface area contributed by atoms with E-state index >= 15 is 0 Å². The summed E-state index contributed by atoms with van der Waals surface area (Å²) in [5, 5.41) is 6.66. The predicted octanol–water partition coefficient (Wildman–Crippen LogP) is 1.23. The molecule has 1 aromatic heterocycles. The molecule has 0 aliphatic carbocycles. The number of nitrogens with one attached hydrogen (secondary N) is 2. The van der Waals surface area contributed by atoms with E-state index in [1.165, 1.54) is 0 Å². The third-order valence-electron chi connectivity index (χ3n) is 3.70. The standard InChI is InChI=1S/C15H26N4O2/c1-16-15(17-10-12-6-4-8-20-12)18-11-13(19(2)3)14-7-5-9-21-14/h5,7,9,12-13H,4,6,8,10-11H2,1-3H3,(H2,16,17,18). The summed E-state index contributed by atoms with van der Waals surface area (Å²) in [6, 6.07) is 4.08. The SMILES string of the molecule is CN=C(NCC1CCCO1)NCC(c1ccco1)N(C)C. The molecule has 21 heavy (non-hydrogen) atoms. The monoisotopic (exact) mass is 294 g/mol. The van der Waals surface area contributed by atoms with Gasteiger partial charge in [0.2, 0.25) is 0 Å². The lowest BCUT2D eigenvalue weighted by molar-refractivity contribution is 0.113. The van der Waals surface area contributed by atoms with Crippen molar-refractivity contribution in [3.8, 4) is 0 Å². The molecule has 1 saturated heterocycles. The Hall–Kier alpha value is -1.53.